The van der Waals surface area contributed by atoms with Gasteiger partial charge in [0, 0.05) is 18.4 Å². The fourth-order valence-corrected chi connectivity index (χ4v) is 0.769. The molecule has 0 radical (unpaired) electrons. The number of hydrogen-bond acceptors (Lipinski definition) is 3. The molecule has 3 heteroatoms. The molecule has 0 aromatic carbocycles. The van der Waals surface area contributed by atoms with Crippen molar-refractivity contribution in [3.05, 3.63) is 11.4 Å². The quantitative estimate of drug-likeness (QED) is 0.500. The Hall–Kier alpha value is -0.700. The van der Waals surface area contributed by atoms with Crippen molar-refractivity contribution in [2.24, 2.45) is 0 Å². The molecule has 0 aliphatic carbocycles. The Kier molecular flexibility index (Phi) is 4.76. The summed E-state index contributed by atoms with van der Waals surface area (Å²) in [5.74, 6) is 0. The van der Waals surface area contributed by atoms with E-state index in [-0.39, 0.29) is 6.73 Å². The summed E-state index contributed by atoms with van der Waals surface area (Å²) < 4.78 is 0. The Morgan fingerprint density at radius 1 is 1.50 bits per heavy atom. The third-order valence-electron chi connectivity index (χ3n) is 1.47. The van der Waals surface area contributed by atoms with Crippen LogP contribution in [0.3, 0.4) is 0 Å². The molecule has 0 fully saturated rings. The topological polar surface area (TPSA) is 44.3 Å². The number of aliphatic hydroxyl groups is 1. The highest BCUT2D eigenvalue weighted by Gasteiger charge is 1.94. The molecule has 0 aliphatic rings. The standard InChI is InChI=1S/C7H16N2O/c1-4-7(9-5-10)6(2)8-3/h8-10H,4-5H2,1-3H3/b7-6-. The molecule has 0 aromatic heterocycles. The minimum atomic E-state index is 0.00218. The van der Waals surface area contributed by atoms with Crippen LogP contribution in [0.15, 0.2) is 11.4 Å². The van der Waals surface area contributed by atoms with Crippen molar-refractivity contribution in [2.75, 3.05) is 13.8 Å². The monoisotopic (exact) mass is 144 g/mol. The van der Waals surface area contributed by atoms with Crippen LogP contribution in [-0.4, -0.2) is 18.9 Å². The minimum Gasteiger partial charge on any atom is -0.390 e. The van der Waals surface area contributed by atoms with E-state index in [0.717, 1.165) is 17.8 Å². The average Bonchev–Trinajstić information content (AvgIpc) is 1.99. The van der Waals surface area contributed by atoms with Crippen LogP contribution in [0.25, 0.3) is 0 Å². The molecule has 10 heavy (non-hydrogen) atoms. The van der Waals surface area contributed by atoms with E-state index in [1.807, 2.05) is 20.9 Å². The van der Waals surface area contributed by atoms with Crippen LogP contribution in [0.5, 0.6) is 0 Å². The van der Waals surface area contributed by atoms with Gasteiger partial charge in [-0.2, -0.15) is 0 Å². The first-order chi connectivity index (χ1) is 4.76. The molecule has 0 heterocycles. The molecule has 0 aliphatic heterocycles. The normalized spacial score (nSPS) is 12.4. The van der Waals surface area contributed by atoms with Crippen LogP contribution in [-0.2, 0) is 0 Å². The van der Waals surface area contributed by atoms with Gasteiger partial charge in [0.2, 0.25) is 0 Å². The molecular formula is C7H16N2O. The minimum absolute atomic E-state index is 0.00218. The first-order valence-electron chi connectivity index (χ1n) is 3.48. The SMILES string of the molecule is CC/C(NCO)=C(\C)NC. The Morgan fingerprint density at radius 2 is 2.10 bits per heavy atom. The summed E-state index contributed by atoms with van der Waals surface area (Å²) in [6.45, 7) is 4.02. The van der Waals surface area contributed by atoms with E-state index in [2.05, 4.69) is 10.6 Å². The fourth-order valence-electron chi connectivity index (χ4n) is 0.769. The number of allylic oxidation sites excluding steroid dienone is 2. The lowest BCUT2D eigenvalue weighted by Gasteiger charge is -2.10. The molecule has 0 amide bonds. The van der Waals surface area contributed by atoms with Gasteiger partial charge in [0.25, 0.3) is 0 Å². The lowest BCUT2D eigenvalue weighted by atomic mass is 10.3. The van der Waals surface area contributed by atoms with Gasteiger partial charge >= 0.3 is 0 Å². The fraction of sp³-hybridized carbons (Fsp3) is 0.714. The molecule has 60 valence electrons. The van der Waals surface area contributed by atoms with Crippen molar-refractivity contribution in [2.45, 2.75) is 20.3 Å². The van der Waals surface area contributed by atoms with Crippen LogP contribution in [0.4, 0.5) is 0 Å². The molecule has 3 N–H and O–H groups in total. The van der Waals surface area contributed by atoms with Gasteiger partial charge in [-0.1, -0.05) is 6.92 Å². The Labute approximate surface area is 62.1 Å². The van der Waals surface area contributed by atoms with Crippen molar-refractivity contribution in [3.8, 4) is 0 Å². The number of aliphatic hydroxyl groups excluding tert-OH is 1. The van der Waals surface area contributed by atoms with E-state index in [1.54, 1.807) is 0 Å². The number of nitrogens with one attached hydrogen (secondary N) is 2. The molecule has 0 saturated heterocycles. The van der Waals surface area contributed by atoms with Gasteiger partial charge in [0.15, 0.2) is 0 Å². The molecule has 0 saturated carbocycles. The zero-order chi connectivity index (χ0) is 7.98. The van der Waals surface area contributed by atoms with E-state index in [0.29, 0.717) is 0 Å². The first-order valence-corrected chi connectivity index (χ1v) is 3.48. The molecule has 0 spiro atoms. The number of hydrogen-bond donors (Lipinski definition) is 3. The maximum absolute atomic E-state index is 8.54. The van der Waals surface area contributed by atoms with Gasteiger partial charge in [-0.15, -0.1) is 0 Å². The van der Waals surface area contributed by atoms with Gasteiger partial charge in [-0.3, -0.25) is 0 Å². The van der Waals surface area contributed by atoms with E-state index in [1.165, 1.54) is 0 Å². The summed E-state index contributed by atoms with van der Waals surface area (Å²) >= 11 is 0. The van der Waals surface area contributed by atoms with Crippen LogP contribution in [0.2, 0.25) is 0 Å². The van der Waals surface area contributed by atoms with Gasteiger partial charge in [-0.25, -0.2) is 0 Å². The van der Waals surface area contributed by atoms with Crippen molar-refractivity contribution in [1.82, 2.24) is 10.6 Å². The van der Waals surface area contributed by atoms with E-state index in [4.69, 9.17) is 5.11 Å². The summed E-state index contributed by atoms with van der Waals surface area (Å²) in [6, 6.07) is 0. The molecule has 0 unspecified atom stereocenters. The summed E-state index contributed by atoms with van der Waals surface area (Å²) in [5.41, 5.74) is 2.14. The predicted octanol–water partition coefficient (Wildman–Crippen LogP) is 0.387. The van der Waals surface area contributed by atoms with Crippen molar-refractivity contribution in [1.29, 1.82) is 0 Å². The van der Waals surface area contributed by atoms with Crippen LogP contribution >= 0.6 is 0 Å². The Balaban J connectivity index is 4.00. The third kappa shape index (κ3) is 2.73. The summed E-state index contributed by atoms with van der Waals surface area (Å²) in [5, 5.41) is 14.4. The van der Waals surface area contributed by atoms with Crippen molar-refractivity contribution in [3.63, 3.8) is 0 Å². The highest BCUT2D eigenvalue weighted by Crippen LogP contribution is 1.99. The largest absolute Gasteiger partial charge is 0.390 e. The maximum Gasteiger partial charge on any atom is 0.113 e. The van der Waals surface area contributed by atoms with Gasteiger partial charge in [0.1, 0.15) is 6.73 Å². The summed E-state index contributed by atoms with van der Waals surface area (Å²) in [6.07, 6.45) is 0.910. The third-order valence-corrected chi connectivity index (χ3v) is 1.47. The molecule has 0 bridgehead atoms. The van der Waals surface area contributed by atoms with Gasteiger partial charge in [-0.05, 0) is 13.3 Å². The maximum atomic E-state index is 8.54. The van der Waals surface area contributed by atoms with E-state index in [9.17, 15) is 0 Å². The average molecular weight is 144 g/mol. The first kappa shape index (κ1) is 9.30. The molecule has 0 rings (SSSR count). The smallest absolute Gasteiger partial charge is 0.113 e. The molecule has 0 aromatic rings. The highest BCUT2D eigenvalue weighted by atomic mass is 16.3. The van der Waals surface area contributed by atoms with E-state index < -0.39 is 0 Å². The van der Waals surface area contributed by atoms with Crippen LogP contribution in [0, 0.1) is 0 Å². The highest BCUT2D eigenvalue weighted by molar-refractivity contribution is 5.06. The predicted molar refractivity (Wildman–Crippen MR) is 42.3 cm³/mol. The molecule has 3 nitrogen and oxygen atoms in total. The van der Waals surface area contributed by atoms with Crippen LogP contribution < -0.4 is 10.6 Å². The zero-order valence-electron chi connectivity index (χ0n) is 6.86. The second-order valence-electron chi connectivity index (χ2n) is 2.04. The van der Waals surface area contributed by atoms with Crippen molar-refractivity contribution >= 4 is 0 Å². The Morgan fingerprint density at radius 3 is 2.40 bits per heavy atom. The van der Waals surface area contributed by atoms with Crippen LogP contribution in [0.1, 0.15) is 20.3 Å². The second kappa shape index (κ2) is 5.11. The molecule has 0 atom stereocenters. The van der Waals surface area contributed by atoms with Gasteiger partial charge < -0.3 is 15.7 Å². The lowest BCUT2D eigenvalue weighted by molar-refractivity contribution is 0.272. The van der Waals surface area contributed by atoms with Gasteiger partial charge in [0.05, 0.1) is 0 Å². The van der Waals surface area contributed by atoms with E-state index >= 15 is 0 Å². The number of rotatable bonds is 4. The Bertz CT molecular complexity index is 121. The summed E-state index contributed by atoms with van der Waals surface area (Å²) in [4.78, 5) is 0. The lowest BCUT2D eigenvalue weighted by Crippen LogP contribution is -2.19. The van der Waals surface area contributed by atoms with Crippen molar-refractivity contribution < 1.29 is 5.11 Å². The summed E-state index contributed by atoms with van der Waals surface area (Å²) in [7, 11) is 1.87. The molecular weight excluding hydrogens is 128 g/mol. The second-order valence-corrected chi connectivity index (χ2v) is 2.04. The zero-order valence-corrected chi connectivity index (χ0v) is 6.86.